The molecular formula is C21H15Cl2N2P. The molecule has 0 aliphatic carbocycles. The fourth-order valence-electron chi connectivity index (χ4n) is 2.77. The van der Waals surface area contributed by atoms with Crippen molar-refractivity contribution in [2.24, 2.45) is 4.74 Å². The molecule has 0 amide bonds. The molecule has 0 saturated carbocycles. The monoisotopic (exact) mass is 396 g/mol. The highest BCUT2D eigenvalue weighted by atomic mass is 35.5. The van der Waals surface area contributed by atoms with Crippen LogP contribution < -0.4 is 15.9 Å². The lowest BCUT2D eigenvalue weighted by Gasteiger charge is -2.26. The molecule has 0 unspecified atom stereocenters. The molecular weight excluding hydrogens is 382 g/mol. The molecule has 0 fully saturated rings. The van der Waals surface area contributed by atoms with Crippen molar-refractivity contribution in [1.29, 1.82) is 5.26 Å². The van der Waals surface area contributed by atoms with Crippen molar-refractivity contribution in [2.45, 2.75) is 0 Å². The predicted molar refractivity (Wildman–Crippen MR) is 112 cm³/mol. The first kappa shape index (κ1) is 18.5. The van der Waals surface area contributed by atoms with Gasteiger partial charge in [-0.3, -0.25) is 0 Å². The molecule has 3 aromatic carbocycles. The van der Waals surface area contributed by atoms with Crippen LogP contribution in [0.2, 0.25) is 0 Å². The highest BCUT2D eigenvalue weighted by Gasteiger charge is 2.27. The van der Waals surface area contributed by atoms with Crippen LogP contribution in [-0.4, -0.2) is 0 Å². The molecule has 2 nitrogen and oxygen atoms in total. The van der Waals surface area contributed by atoms with Crippen LogP contribution in [0.5, 0.6) is 0 Å². The van der Waals surface area contributed by atoms with Gasteiger partial charge in [0.05, 0.1) is 7.05 Å². The molecule has 128 valence electrons. The third-order valence-electron chi connectivity index (χ3n) is 3.91. The molecule has 0 aliphatic heterocycles. The van der Waals surface area contributed by atoms with Gasteiger partial charge >= 0.3 is 0 Å². The van der Waals surface area contributed by atoms with E-state index in [0.717, 1.165) is 15.9 Å². The number of hydrogen-bond donors (Lipinski definition) is 0. The van der Waals surface area contributed by atoms with Crippen LogP contribution in [0.3, 0.4) is 0 Å². The van der Waals surface area contributed by atoms with Crippen molar-refractivity contribution in [2.75, 3.05) is 0 Å². The third-order valence-corrected chi connectivity index (χ3v) is 8.29. The number of nitriles is 1. The first-order chi connectivity index (χ1) is 12.7. The summed E-state index contributed by atoms with van der Waals surface area (Å²) in [6.07, 6.45) is 0. The molecule has 5 heteroatoms. The number of nitrogens with zero attached hydrogens (tertiary/aromatic N) is 2. The lowest BCUT2D eigenvalue weighted by atomic mass is 10.4. The Bertz CT molecular complexity index is 905. The lowest BCUT2D eigenvalue weighted by molar-refractivity contribution is 1.48. The van der Waals surface area contributed by atoms with Gasteiger partial charge in [0.1, 0.15) is 6.07 Å². The van der Waals surface area contributed by atoms with E-state index in [9.17, 15) is 0 Å². The topological polar surface area (TPSA) is 36.1 Å². The Morgan fingerprint density at radius 3 is 1.35 bits per heavy atom. The SMILES string of the molecule is N#C/C(Cl)=C(/Cl)N=P(c1ccccc1)(c1ccccc1)c1ccccc1. The number of allylic oxidation sites excluding steroid dienone is 1. The summed E-state index contributed by atoms with van der Waals surface area (Å²) >= 11 is 12.3. The average Bonchev–Trinajstić information content (AvgIpc) is 2.73. The van der Waals surface area contributed by atoms with Gasteiger partial charge in [0.15, 0.2) is 10.2 Å². The van der Waals surface area contributed by atoms with Gasteiger partial charge in [-0.05, 0) is 0 Å². The van der Waals surface area contributed by atoms with E-state index in [0.29, 0.717) is 0 Å². The molecule has 0 radical (unpaired) electrons. The molecule has 26 heavy (non-hydrogen) atoms. The summed E-state index contributed by atoms with van der Waals surface area (Å²) < 4.78 is 4.89. The maximum absolute atomic E-state index is 9.14. The number of benzene rings is 3. The summed E-state index contributed by atoms with van der Waals surface area (Å²) in [5.41, 5.74) is 0. The normalized spacial score (nSPS) is 12.0. The first-order valence-electron chi connectivity index (χ1n) is 7.93. The average molecular weight is 397 g/mol. The van der Waals surface area contributed by atoms with Gasteiger partial charge in [0.2, 0.25) is 0 Å². The van der Waals surface area contributed by atoms with Crippen molar-refractivity contribution < 1.29 is 0 Å². The highest BCUT2D eigenvalue weighted by Crippen LogP contribution is 2.48. The van der Waals surface area contributed by atoms with Crippen LogP contribution in [-0.2, 0) is 0 Å². The van der Waals surface area contributed by atoms with Gasteiger partial charge in [-0.15, -0.1) is 0 Å². The second-order valence-corrected chi connectivity index (χ2v) is 9.21. The Kier molecular flexibility index (Phi) is 5.96. The van der Waals surface area contributed by atoms with Gasteiger partial charge in [-0.25, -0.2) is 4.74 Å². The summed E-state index contributed by atoms with van der Waals surface area (Å²) in [6, 6.07) is 31.9. The van der Waals surface area contributed by atoms with E-state index >= 15 is 0 Å². The minimum Gasteiger partial charge on any atom is -0.239 e. The van der Waals surface area contributed by atoms with Crippen LogP contribution in [0.1, 0.15) is 0 Å². The second kappa shape index (κ2) is 8.39. The summed E-state index contributed by atoms with van der Waals surface area (Å²) in [5, 5.41) is 12.2. The molecule has 3 aromatic rings. The predicted octanol–water partition coefficient (Wildman–Crippen LogP) is 5.33. The molecule has 3 rings (SSSR count). The van der Waals surface area contributed by atoms with Crippen LogP contribution in [0.15, 0.2) is 106 Å². The van der Waals surface area contributed by atoms with Crippen LogP contribution in [0.4, 0.5) is 0 Å². The van der Waals surface area contributed by atoms with E-state index in [-0.39, 0.29) is 10.2 Å². The summed E-state index contributed by atoms with van der Waals surface area (Å²) in [4.78, 5) is 0. The molecule has 0 aliphatic rings. The smallest absolute Gasteiger partial charge is 0.157 e. The number of rotatable bonds is 4. The Hall–Kier alpha value is -2.30. The van der Waals surface area contributed by atoms with E-state index < -0.39 is 7.05 Å². The lowest BCUT2D eigenvalue weighted by Crippen LogP contribution is -2.25. The molecule has 0 heterocycles. The molecule has 0 bridgehead atoms. The standard InChI is InChI=1S/C21H15Cl2N2P/c22-20(16-24)21(23)25-26(17-10-4-1-5-11-17,18-12-6-2-7-13-18)19-14-8-3-9-15-19/h1-15H/b21-20+. The van der Waals surface area contributed by atoms with E-state index in [1.54, 1.807) is 0 Å². The van der Waals surface area contributed by atoms with Crippen molar-refractivity contribution in [3.63, 3.8) is 0 Å². The Morgan fingerprint density at radius 2 is 1.04 bits per heavy atom. The third kappa shape index (κ3) is 3.62. The van der Waals surface area contributed by atoms with E-state index in [1.165, 1.54) is 0 Å². The van der Waals surface area contributed by atoms with Gasteiger partial charge in [-0.1, -0.05) is 114 Å². The second-order valence-electron chi connectivity index (χ2n) is 5.46. The molecule has 0 spiro atoms. The Labute approximate surface area is 163 Å². The maximum Gasteiger partial charge on any atom is 0.157 e. The van der Waals surface area contributed by atoms with Crippen LogP contribution >= 0.6 is 30.3 Å². The summed E-state index contributed by atoms with van der Waals surface area (Å²) in [5.74, 6) is 0. The molecule has 0 saturated heterocycles. The minimum atomic E-state index is -2.48. The number of halogens is 2. The Balaban J connectivity index is 2.49. The summed E-state index contributed by atoms with van der Waals surface area (Å²) in [7, 11) is -2.48. The van der Waals surface area contributed by atoms with Crippen molar-refractivity contribution >= 4 is 46.2 Å². The van der Waals surface area contributed by atoms with Gasteiger partial charge in [-0.2, -0.15) is 5.26 Å². The van der Waals surface area contributed by atoms with Gasteiger partial charge in [0, 0.05) is 15.9 Å². The van der Waals surface area contributed by atoms with Crippen molar-refractivity contribution in [3.8, 4) is 6.07 Å². The fourth-order valence-corrected chi connectivity index (χ4v) is 6.67. The molecule has 0 aromatic heterocycles. The fraction of sp³-hybridized carbons (Fsp3) is 0. The Morgan fingerprint density at radius 1 is 0.692 bits per heavy atom. The number of hydrogen-bond acceptors (Lipinski definition) is 2. The van der Waals surface area contributed by atoms with E-state index in [1.807, 2.05) is 97.1 Å². The van der Waals surface area contributed by atoms with E-state index in [4.69, 9.17) is 33.2 Å². The van der Waals surface area contributed by atoms with Crippen LogP contribution in [0, 0.1) is 11.3 Å². The van der Waals surface area contributed by atoms with Gasteiger partial charge < -0.3 is 0 Å². The van der Waals surface area contributed by atoms with Gasteiger partial charge in [0.25, 0.3) is 0 Å². The zero-order valence-corrected chi connectivity index (χ0v) is 16.2. The van der Waals surface area contributed by atoms with Crippen LogP contribution in [0.25, 0.3) is 0 Å². The molecule has 0 atom stereocenters. The zero-order chi connectivity index (χ0) is 18.4. The quantitative estimate of drug-likeness (QED) is 0.333. The largest absolute Gasteiger partial charge is 0.239 e. The highest BCUT2D eigenvalue weighted by molar-refractivity contribution is 7.87. The zero-order valence-electron chi connectivity index (χ0n) is 13.8. The molecule has 0 N–H and O–H groups in total. The summed E-state index contributed by atoms with van der Waals surface area (Å²) in [6.45, 7) is 0. The first-order valence-corrected chi connectivity index (χ1v) is 10.4. The maximum atomic E-state index is 9.14. The minimum absolute atomic E-state index is 0.0269. The van der Waals surface area contributed by atoms with Crippen molar-refractivity contribution in [3.05, 3.63) is 101 Å². The van der Waals surface area contributed by atoms with Crippen molar-refractivity contribution in [1.82, 2.24) is 0 Å². The van der Waals surface area contributed by atoms with E-state index in [2.05, 4.69) is 0 Å².